The van der Waals surface area contributed by atoms with Crippen molar-refractivity contribution in [2.45, 2.75) is 107 Å². The van der Waals surface area contributed by atoms with Gasteiger partial charge in [0.2, 0.25) is 0 Å². The maximum atomic E-state index is 13.8. The van der Waals surface area contributed by atoms with Crippen LogP contribution in [0.4, 0.5) is 10.6 Å². The number of aromatic nitrogens is 6. The number of aliphatic hydroxyl groups excluding tert-OH is 1. The molecule has 5 N–H and O–H groups in total. The first-order valence-electron chi connectivity index (χ1n) is 32.2. The van der Waals surface area contributed by atoms with Gasteiger partial charge in [0.15, 0.2) is 0 Å². The van der Waals surface area contributed by atoms with Crippen molar-refractivity contribution >= 4 is 43.1 Å². The molecule has 3 aromatic heterocycles. The minimum atomic E-state index is -5.05. The summed E-state index contributed by atoms with van der Waals surface area (Å²) in [7, 11) is -1.92. The fraction of sp³-hybridized carbons (Fsp3) is 0.319. The molecule has 2 aliphatic heterocycles. The number of nitriles is 1. The number of carbonyl (C=O) groups excluding carboxylic acids is 3. The van der Waals surface area contributed by atoms with Gasteiger partial charge in [0, 0.05) is 12.5 Å². The molecule has 99 heavy (non-hydrogen) atoms. The van der Waals surface area contributed by atoms with E-state index in [-0.39, 0.29) is 92.5 Å². The summed E-state index contributed by atoms with van der Waals surface area (Å²) in [4.78, 5) is 95.0. The molecule has 1 aliphatic carbocycles. The molecule has 27 heteroatoms. The van der Waals surface area contributed by atoms with Crippen molar-refractivity contribution in [2.75, 3.05) is 46.0 Å². The molecule has 0 radical (unpaired) electrons. The number of rotatable bonds is 28. The third-order valence-corrected chi connectivity index (χ3v) is 19.3. The van der Waals surface area contributed by atoms with Gasteiger partial charge in [-0.3, -0.25) is 0 Å². The van der Waals surface area contributed by atoms with Gasteiger partial charge < -0.3 is 10.1 Å². The second kappa shape index (κ2) is 30.8. The van der Waals surface area contributed by atoms with Gasteiger partial charge in [-0.1, -0.05) is 60.7 Å². The fourth-order valence-electron chi connectivity index (χ4n) is 12.6. The van der Waals surface area contributed by atoms with Crippen LogP contribution in [0.3, 0.4) is 0 Å². The van der Waals surface area contributed by atoms with E-state index >= 15 is 0 Å². The third kappa shape index (κ3) is 15.5. The van der Waals surface area contributed by atoms with Gasteiger partial charge in [0.1, 0.15) is 6.61 Å². The van der Waals surface area contributed by atoms with Gasteiger partial charge in [-0.05, 0) is 39.9 Å². The Morgan fingerprint density at radius 3 is 2.02 bits per heavy atom. The van der Waals surface area contributed by atoms with Crippen LogP contribution in [0.2, 0.25) is 0 Å². The number of benzene rings is 6. The summed E-state index contributed by atoms with van der Waals surface area (Å²) < 4.78 is 65.2. The van der Waals surface area contributed by atoms with Gasteiger partial charge in [-0.25, -0.2) is 4.79 Å². The Kier molecular flexibility index (Phi) is 21.4. The van der Waals surface area contributed by atoms with Crippen LogP contribution in [0, 0.1) is 18.3 Å². The number of aliphatic hydroxyl groups is 1. The topological polar surface area (TPSA) is 330 Å². The Morgan fingerprint density at radius 1 is 0.758 bits per heavy atom. The molecule has 9 aromatic rings. The van der Waals surface area contributed by atoms with E-state index in [1.807, 2.05) is 109 Å². The average molecular weight is 1370 g/mol. The van der Waals surface area contributed by atoms with Crippen LogP contribution in [-0.2, 0) is 54.2 Å². The number of H-pyrrole nitrogens is 1. The summed E-state index contributed by atoms with van der Waals surface area (Å²) in [5.41, 5.74) is 5.42. The van der Waals surface area contributed by atoms with E-state index in [0.717, 1.165) is 22.3 Å². The average Bonchev–Trinajstić information content (AvgIpc) is 1.50. The normalized spacial score (nSPS) is 18.6. The molecule has 2 amide bonds. The Morgan fingerprint density at radius 2 is 1.37 bits per heavy atom. The standard InChI is InChI=1S/C72H74N9O17P/c1-44-38-80(70(86)79-68(44)84)62-36-59(60(95-62)40-92-72(48-13-6-5-7-14-48,49-24-28-51(89-3)29-25-49)50-26-30-52(90-4)31-27-50)98-99(88,93-34-12-33-73)94-41-61-58(97-64(83)32-19-45(2)82)35-63(96-61)81-43-77-65-66(75-42-76-67(65)81)78-69(85)47-22-20-46(21-23-47)37-74-71(87)91-39-57-55-17-10-8-15-53(55)54-16-9-11-18-56(54)57/h5-11,13-18,20-31,38,42-43,45,57-63,82,88,99H,12,19,32,34-37,39-41H2,1-4H3,(H,74,87)(H,79,84,86)(H,75,76,78,85)/t45?,58?,59?,60-,61-,62?,63?/m1/s1. The number of aromatic amines is 1. The zero-order valence-corrected chi connectivity index (χ0v) is 55.6. The molecule has 0 spiro atoms. The molecular formula is C72H74N9O17P. The number of amides is 2. The monoisotopic (exact) mass is 1370 g/mol. The molecule has 2 fully saturated rings. The predicted octanol–water partition coefficient (Wildman–Crippen LogP) is 9.38. The van der Waals surface area contributed by atoms with Crippen LogP contribution in [0.1, 0.15) is 107 Å². The SMILES string of the molecule is COc1ccc(C(OC[C@H]2OC(n3cc(C)c(=O)[nH]c3=O)CC2O[PH](O)(OCCC#N)OC[C@H]2OC(n3cnc4c(NC(=O)c5ccc(CNC(=O)OCC6c7ccccc7-c7ccccc76)cc5)ncnc43)CC2OC(=O)CCC(C)O)(c2ccccc2)c2ccc(OC)cc2)cc1. The predicted molar refractivity (Wildman–Crippen MR) is 361 cm³/mol. The summed E-state index contributed by atoms with van der Waals surface area (Å²) in [6.45, 7) is 2.21. The molecule has 0 bridgehead atoms. The summed E-state index contributed by atoms with van der Waals surface area (Å²) in [5.74, 6) is -0.0132. The Balaban J connectivity index is 0.763. The zero-order valence-electron chi connectivity index (χ0n) is 54.6. The molecule has 0 saturated carbocycles. The van der Waals surface area contributed by atoms with Crippen LogP contribution in [0.5, 0.6) is 11.5 Å². The van der Waals surface area contributed by atoms with Gasteiger partial charge in [0.25, 0.3) is 0 Å². The van der Waals surface area contributed by atoms with Crippen LogP contribution in [0.15, 0.2) is 180 Å². The number of esters is 1. The molecule has 7 atom stereocenters. The van der Waals surface area contributed by atoms with Gasteiger partial charge in [0.05, 0.1) is 0 Å². The second-order valence-corrected chi connectivity index (χ2v) is 25.9. The number of aryl methyl sites for hydroxylation is 1. The van der Waals surface area contributed by atoms with Crippen LogP contribution in [-0.4, -0.2) is 128 Å². The number of hydrogen-bond donors (Lipinski definition) is 5. The molecule has 514 valence electrons. The summed E-state index contributed by atoms with van der Waals surface area (Å²) in [5, 5.41) is 25.4. The molecule has 6 aromatic carbocycles. The van der Waals surface area contributed by atoms with Gasteiger partial charge in [-0.2, -0.15) is 0 Å². The number of nitrogens with one attached hydrogen (secondary N) is 3. The number of fused-ring (bicyclic) bond motifs is 4. The number of imidazole rings is 1. The second-order valence-electron chi connectivity index (χ2n) is 24.1. The number of carbonyl (C=O) groups is 3. The third-order valence-electron chi connectivity index (χ3n) is 17.6. The van der Waals surface area contributed by atoms with Crippen molar-refractivity contribution in [2.24, 2.45) is 0 Å². The Labute approximate surface area is 569 Å². The molecule has 5 unspecified atom stereocenters. The van der Waals surface area contributed by atoms with Crippen LogP contribution < -0.4 is 31.4 Å². The number of nitrogens with zero attached hydrogens (tertiary/aromatic N) is 6. The quantitative estimate of drug-likeness (QED) is 0.0132. The van der Waals surface area contributed by atoms with E-state index in [4.69, 9.17) is 46.7 Å². The fourth-order valence-corrected chi connectivity index (χ4v) is 14.2. The number of alkyl carbamates (subject to hydrolysis) is 1. The number of anilines is 1. The van der Waals surface area contributed by atoms with E-state index in [0.29, 0.717) is 33.8 Å². The van der Waals surface area contributed by atoms with E-state index < -0.39 is 92.6 Å². The van der Waals surface area contributed by atoms with Gasteiger partial charge in [-0.15, -0.1) is 0 Å². The summed E-state index contributed by atoms with van der Waals surface area (Å²) in [6, 6.07) is 49.0. The summed E-state index contributed by atoms with van der Waals surface area (Å²) in [6.07, 6.45) is -4.40. The summed E-state index contributed by atoms with van der Waals surface area (Å²) >= 11 is 0. The first kappa shape index (κ1) is 68.9. The van der Waals surface area contributed by atoms with Crippen LogP contribution >= 0.6 is 8.17 Å². The van der Waals surface area contributed by atoms with Crippen molar-refractivity contribution in [3.05, 3.63) is 236 Å². The maximum absolute atomic E-state index is 13.8. The Hall–Kier alpha value is -10.0. The molecule has 5 heterocycles. The number of ether oxygens (including phenoxy) is 7. The molecule has 2 saturated heterocycles. The van der Waals surface area contributed by atoms with Crippen molar-refractivity contribution in [1.29, 1.82) is 5.26 Å². The minimum absolute atomic E-state index is 0.0132. The van der Waals surface area contributed by atoms with Crippen LogP contribution in [0.25, 0.3) is 22.3 Å². The van der Waals surface area contributed by atoms with Crippen molar-refractivity contribution in [3.63, 3.8) is 0 Å². The van der Waals surface area contributed by atoms with Crippen molar-refractivity contribution in [1.82, 2.24) is 34.4 Å². The number of hydrogen-bond acceptors (Lipinski definition) is 21. The first-order valence-corrected chi connectivity index (χ1v) is 33.9. The van der Waals surface area contributed by atoms with Crippen molar-refractivity contribution < 1.29 is 71.1 Å². The number of methoxy groups -OCH3 is 2. The Bertz CT molecular complexity index is 4400. The molecular weight excluding hydrogens is 1290 g/mol. The van der Waals surface area contributed by atoms with Crippen molar-refractivity contribution in [3.8, 4) is 28.7 Å². The zero-order chi connectivity index (χ0) is 69.2. The van der Waals surface area contributed by atoms with E-state index in [1.54, 1.807) is 50.0 Å². The van der Waals surface area contributed by atoms with E-state index in [9.17, 15) is 39.2 Å². The molecule has 26 nitrogen and oxygen atoms in total. The molecule has 12 rings (SSSR count). The van der Waals surface area contributed by atoms with E-state index in [2.05, 4.69) is 54.8 Å². The molecule has 3 aliphatic rings. The van der Waals surface area contributed by atoms with E-state index in [1.165, 1.54) is 30.3 Å². The van der Waals surface area contributed by atoms with Gasteiger partial charge >= 0.3 is 437 Å². The first-order chi connectivity index (χ1) is 48.0.